The molecule has 2 aromatic rings. The third kappa shape index (κ3) is 2.85. The summed E-state index contributed by atoms with van der Waals surface area (Å²) in [4.78, 5) is 0. The molecule has 0 spiro atoms. The lowest BCUT2D eigenvalue weighted by molar-refractivity contribution is 0.299. The van der Waals surface area contributed by atoms with Crippen LogP contribution in [0, 0.1) is 5.82 Å². The normalized spacial score (nSPS) is 16.6. The molecule has 0 heterocycles. The first-order valence-corrected chi connectivity index (χ1v) is 7.01. The zero-order chi connectivity index (χ0) is 14.8. The number of methoxy groups -OCH3 is 1. The third-order valence-electron chi connectivity index (χ3n) is 3.89. The largest absolute Gasteiger partial charge is 0.497 e. The van der Waals surface area contributed by atoms with E-state index < -0.39 is 0 Å². The van der Waals surface area contributed by atoms with Crippen molar-refractivity contribution in [3.05, 3.63) is 58.9 Å². The van der Waals surface area contributed by atoms with Crippen molar-refractivity contribution in [2.45, 2.75) is 25.5 Å². The quantitative estimate of drug-likeness (QED) is 0.937. The van der Waals surface area contributed by atoms with Gasteiger partial charge < -0.3 is 15.2 Å². The van der Waals surface area contributed by atoms with E-state index in [0.717, 1.165) is 18.6 Å². The molecule has 0 amide bonds. The molecule has 1 atom stereocenters. The summed E-state index contributed by atoms with van der Waals surface area (Å²) in [6.07, 6.45) is 1.95. The van der Waals surface area contributed by atoms with Crippen molar-refractivity contribution in [3.8, 4) is 11.5 Å². The molecule has 0 saturated heterocycles. The summed E-state index contributed by atoms with van der Waals surface area (Å²) in [6, 6.07) is 10.8. The molecule has 21 heavy (non-hydrogen) atoms. The van der Waals surface area contributed by atoms with Gasteiger partial charge in [0.05, 0.1) is 7.11 Å². The Morgan fingerprint density at radius 3 is 2.76 bits per heavy atom. The highest BCUT2D eigenvalue weighted by molar-refractivity contribution is 5.40. The molecular formula is C17H18FNO2. The molecule has 0 saturated carbocycles. The van der Waals surface area contributed by atoms with Crippen LogP contribution in [0.5, 0.6) is 11.5 Å². The first-order valence-electron chi connectivity index (χ1n) is 7.01. The lowest BCUT2D eigenvalue weighted by Crippen LogP contribution is -2.05. The van der Waals surface area contributed by atoms with Gasteiger partial charge in [0, 0.05) is 17.7 Å². The lowest BCUT2D eigenvalue weighted by Gasteiger charge is -2.10. The molecule has 0 radical (unpaired) electrons. The molecule has 0 aromatic heterocycles. The van der Waals surface area contributed by atoms with Gasteiger partial charge >= 0.3 is 0 Å². The van der Waals surface area contributed by atoms with E-state index in [0.29, 0.717) is 11.3 Å². The van der Waals surface area contributed by atoms with Crippen LogP contribution in [0.15, 0.2) is 36.4 Å². The van der Waals surface area contributed by atoms with Crippen LogP contribution in [0.3, 0.4) is 0 Å². The summed E-state index contributed by atoms with van der Waals surface area (Å²) in [6.45, 7) is 0.195. The van der Waals surface area contributed by atoms with Gasteiger partial charge in [0.15, 0.2) is 0 Å². The molecule has 110 valence electrons. The van der Waals surface area contributed by atoms with E-state index in [1.807, 2.05) is 18.2 Å². The summed E-state index contributed by atoms with van der Waals surface area (Å²) in [5, 5.41) is 0. The Bertz CT molecular complexity index is 657. The van der Waals surface area contributed by atoms with Crippen LogP contribution in [0.25, 0.3) is 0 Å². The first-order chi connectivity index (χ1) is 10.2. The minimum atomic E-state index is -0.322. The van der Waals surface area contributed by atoms with Crippen LogP contribution < -0.4 is 15.2 Å². The summed E-state index contributed by atoms with van der Waals surface area (Å²) < 4.78 is 24.5. The summed E-state index contributed by atoms with van der Waals surface area (Å²) in [7, 11) is 1.51. The average Bonchev–Trinajstić information content (AvgIpc) is 2.87. The van der Waals surface area contributed by atoms with E-state index in [2.05, 4.69) is 0 Å². The van der Waals surface area contributed by atoms with E-state index in [4.69, 9.17) is 15.2 Å². The maximum Gasteiger partial charge on any atom is 0.133 e. The number of aryl methyl sites for hydroxylation is 1. The molecule has 0 unspecified atom stereocenters. The van der Waals surface area contributed by atoms with Gasteiger partial charge in [-0.15, -0.1) is 0 Å². The highest BCUT2D eigenvalue weighted by atomic mass is 19.1. The van der Waals surface area contributed by atoms with Crippen LogP contribution in [0.1, 0.15) is 29.2 Å². The monoisotopic (exact) mass is 287 g/mol. The Balaban J connectivity index is 1.71. The number of benzene rings is 2. The average molecular weight is 287 g/mol. The van der Waals surface area contributed by atoms with Crippen molar-refractivity contribution in [2.24, 2.45) is 5.73 Å². The maximum absolute atomic E-state index is 13.8. The van der Waals surface area contributed by atoms with Crippen LogP contribution >= 0.6 is 0 Å². The van der Waals surface area contributed by atoms with Crippen molar-refractivity contribution in [1.82, 2.24) is 0 Å². The molecule has 0 fully saturated rings. The third-order valence-corrected chi connectivity index (χ3v) is 3.89. The number of ether oxygens (including phenoxy) is 2. The Morgan fingerprint density at radius 2 is 2.00 bits per heavy atom. The number of nitrogens with two attached hydrogens (primary N) is 1. The van der Waals surface area contributed by atoms with Gasteiger partial charge in [-0.3, -0.25) is 0 Å². The van der Waals surface area contributed by atoms with Crippen LogP contribution in [-0.2, 0) is 13.0 Å². The second kappa shape index (κ2) is 5.74. The molecular weight excluding hydrogens is 269 g/mol. The zero-order valence-electron chi connectivity index (χ0n) is 11.9. The number of hydrogen-bond donors (Lipinski definition) is 1. The van der Waals surface area contributed by atoms with Gasteiger partial charge in [-0.1, -0.05) is 6.07 Å². The number of hydrogen-bond acceptors (Lipinski definition) is 3. The minimum absolute atomic E-state index is 0.132. The summed E-state index contributed by atoms with van der Waals surface area (Å²) >= 11 is 0. The Labute approximate surface area is 123 Å². The Hall–Kier alpha value is -2.07. The summed E-state index contributed by atoms with van der Waals surface area (Å²) in [5.41, 5.74) is 8.94. The number of rotatable bonds is 4. The standard InChI is InChI=1S/C17H18FNO2/c1-20-13-4-2-12(16(18)9-13)10-21-14-5-6-15-11(8-14)3-7-17(15)19/h2,4-6,8-9,17H,3,7,10,19H2,1H3/t17-/m0/s1. The predicted octanol–water partition coefficient (Wildman–Crippen LogP) is 3.36. The number of fused-ring (bicyclic) bond motifs is 1. The minimum Gasteiger partial charge on any atom is -0.497 e. The van der Waals surface area contributed by atoms with Gasteiger partial charge in [-0.25, -0.2) is 4.39 Å². The van der Waals surface area contributed by atoms with Crippen molar-refractivity contribution in [2.75, 3.05) is 7.11 Å². The van der Waals surface area contributed by atoms with E-state index in [9.17, 15) is 4.39 Å². The first kappa shape index (κ1) is 13.9. The fourth-order valence-corrected chi connectivity index (χ4v) is 2.65. The molecule has 0 bridgehead atoms. The van der Waals surface area contributed by atoms with Crippen molar-refractivity contribution in [1.29, 1.82) is 0 Å². The highest BCUT2D eigenvalue weighted by Gasteiger charge is 2.19. The van der Waals surface area contributed by atoms with Gasteiger partial charge in [0.1, 0.15) is 23.9 Å². The van der Waals surface area contributed by atoms with Gasteiger partial charge in [-0.2, -0.15) is 0 Å². The highest BCUT2D eigenvalue weighted by Crippen LogP contribution is 2.32. The topological polar surface area (TPSA) is 44.5 Å². The van der Waals surface area contributed by atoms with E-state index in [1.165, 1.54) is 24.3 Å². The molecule has 3 rings (SSSR count). The molecule has 3 nitrogen and oxygen atoms in total. The van der Waals surface area contributed by atoms with E-state index in [1.54, 1.807) is 12.1 Å². The van der Waals surface area contributed by atoms with E-state index in [-0.39, 0.29) is 18.5 Å². The van der Waals surface area contributed by atoms with Crippen LogP contribution in [0.4, 0.5) is 4.39 Å². The van der Waals surface area contributed by atoms with E-state index >= 15 is 0 Å². The molecule has 2 aromatic carbocycles. The van der Waals surface area contributed by atoms with Crippen molar-refractivity contribution >= 4 is 0 Å². The zero-order valence-corrected chi connectivity index (χ0v) is 11.9. The smallest absolute Gasteiger partial charge is 0.133 e. The van der Waals surface area contributed by atoms with Gasteiger partial charge in [0.25, 0.3) is 0 Å². The fraction of sp³-hybridized carbons (Fsp3) is 0.294. The van der Waals surface area contributed by atoms with Crippen molar-refractivity contribution < 1.29 is 13.9 Å². The molecule has 1 aliphatic rings. The molecule has 0 aliphatic heterocycles. The summed E-state index contributed by atoms with van der Waals surface area (Å²) in [5.74, 6) is 0.929. The molecule has 2 N–H and O–H groups in total. The maximum atomic E-state index is 13.8. The fourth-order valence-electron chi connectivity index (χ4n) is 2.65. The van der Waals surface area contributed by atoms with Crippen LogP contribution in [0.2, 0.25) is 0 Å². The van der Waals surface area contributed by atoms with Crippen molar-refractivity contribution in [3.63, 3.8) is 0 Å². The predicted molar refractivity (Wildman–Crippen MR) is 79.0 cm³/mol. The second-order valence-electron chi connectivity index (χ2n) is 5.25. The van der Waals surface area contributed by atoms with Gasteiger partial charge in [0.2, 0.25) is 0 Å². The van der Waals surface area contributed by atoms with Crippen LogP contribution in [-0.4, -0.2) is 7.11 Å². The molecule has 1 aliphatic carbocycles. The van der Waals surface area contributed by atoms with Gasteiger partial charge in [-0.05, 0) is 48.2 Å². The Kier molecular flexibility index (Phi) is 3.80. The lowest BCUT2D eigenvalue weighted by atomic mass is 10.1. The Morgan fingerprint density at radius 1 is 1.19 bits per heavy atom. The number of halogens is 1. The second-order valence-corrected chi connectivity index (χ2v) is 5.25. The molecule has 4 heteroatoms. The SMILES string of the molecule is COc1ccc(COc2ccc3c(c2)CC[C@@H]3N)c(F)c1.